The van der Waals surface area contributed by atoms with Gasteiger partial charge in [-0.25, -0.2) is 0 Å². The van der Waals surface area contributed by atoms with E-state index in [0.717, 1.165) is 0 Å². The fourth-order valence-corrected chi connectivity index (χ4v) is 2.85. The molecule has 0 aromatic carbocycles. The molecule has 1 amide bonds. The van der Waals surface area contributed by atoms with Gasteiger partial charge in [0, 0.05) is 31.2 Å². The molecule has 1 N–H and O–H groups in total. The Bertz CT molecular complexity index is 508. The fraction of sp³-hybridized carbons (Fsp3) is 0.778. The molecule has 1 fully saturated rings. The highest BCUT2D eigenvalue weighted by Gasteiger charge is 2.34. The molecule has 0 aromatic rings. The highest BCUT2D eigenvalue weighted by molar-refractivity contribution is 7.80. The number of thiocarbonyl (C=S) groups is 1. The molecule has 0 bridgehead atoms. The van der Waals surface area contributed by atoms with Crippen molar-refractivity contribution in [1.29, 1.82) is 0 Å². The van der Waals surface area contributed by atoms with Crippen molar-refractivity contribution in [3.63, 3.8) is 0 Å². The lowest BCUT2D eigenvalue weighted by Gasteiger charge is -2.25. The normalized spacial score (nSPS) is 19.8. The summed E-state index contributed by atoms with van der Waals surface area (Å²) >= 11 is 5.28. The number of rotatable bonds is 7. The SMILES string of the molecule is CC(C)C(CC(=S)OCC(C)(C)C)C(=O)CC1CCNC(=O)C1=O. The van der Waals surface area contributed by atoms with Crippen LogP contribution in [0.5, 0.6) is 0 Å². The van der Waals surface area contributed by atoms with E-state index < -0.39 is 17.6 Å². The number of amides is 1. The Morgan fingerprint density at radius 3 is 2.50 bits per heavy atom. The van der Waals surface area contributed by atoms with Crippen LogP contribution in [-0.4, -0.2) is 35.7 Å². The zero-order valence-electron chi connectivity index (χ0n) is 15.3. The van der Waals surface area contributed by atoms with Crippen molar-refractivity contribution in [2.45, 2.75) is 53.9 Å². The molecule has 24 heavy (non-hydrogen) atoms. The van der Waals surface area contributed by atoms with Crippen LogP contribution in [0.15, 0.2) is 0 Å². The Labute approximate surface area is 149 Å². The molecule has 0 saturated carbocycles. The van der Waals surface area contributed by atoms with Crippen molar-refractivity contribution in [3.8, 4) is 0 Å². The van der Waals surface area contributed by atoms with Gasteiger partial charge in [-0.1, -0.05) is 34.6 Å². The number of Topliss-reactive ketones (excluding diaryl/α,β-unsaturated/α-hetero) is 2. The number of hydrogen-bond acceptors (Lipinski definition) is 5. The predicted molar refractivity (Wildman–Crippen MR) is 96.7 cm³/mol. The molecule has 1 rings (SSSR count). The number of nitrogens with one attached hydrogen (secondary N) is 1. The van der Waals surface area contributed by atoms with Crippen LogP contribution in [0.3, 0.4) is 0 Å². The Balaban J connectivity index is 2.63. The zero-order chi connectivity index (χ0) is 18.5. The van der Waals surface area contributed by atoms with Crippen LogP contribution in [-0.2, 0) is 19.1 Å². The average molecular weight is 356 g/mol. The first-order valence-corrected chi connectivity index (χ1v) is 8.92. The number of carbonyl (C=O) groups is 3. The molecule has 1 saturated heterocycles. The lowest BCUT2D eigenvalue weighted by atomic mass is 9.82. The van der Waals surface area contributed by atoms with Crippen molar-refractivity contribution >= 4 is 34.7 Å². The summed E-state index contributed by atoms with van der Waals surface area (Å²) in [6, 6.07) is 0. The van der Waals surface area contributed by atoms with E-state index in [1.165, 1.54) is 0 Å². The second-order valence-corrected chi connectivity index (χ2v) is 8.51. The number of hydrogen-bond donors (Lipinski definition) is 1. The quantitative estimate of drug-likeness (QED) is 0.561. The predicted octanol–water partition coefficient (Wildman–Crippen LogP) is 2.70. The highest BCUT2D eigenvalue weighted by Crippen LogP contribution is 2.24. The van der Waals surface area contributed by atoms with Gasteiger partial charge in [-0.05, 0) is 30.0 Å². The third kappa shape index (κ3) is 6.67. The van der Waals surface area contributed by atoms with E-state index in [2.05, 4.69) is 26.1 Å². The number of carbonyl (C=O) groups excluding carboxylic acids is 3. The molecule has 1 aliphatic rings. The lowest BCUT2D eigenvalue weighted by Crippen LogP contribution is -2.43. The van der Waals surface area contributed by atoms with Gasteiger partial charge in [0.1, 0.15) is 5.78 Å². The minimum atomic E-state index is -0.579. The highest BCUT2D eigenvalue weighted by atomic mass is 32.1. The molecular weight excluding hydrogens is 326 g/mol. The number of ketones is 2. The van der Waals surface area contributed by atoms with Crippen LogP contribution in [0.25, 0.3) is 0 Å². The van der Waals surface area contributed by atoms with Crippen LogP contribution >= 0.6 is 12.2 Å². The lowest BCUT2D eigenvalue weighted by molar-refractivity contribution is -0.143. The van der Waals surface area contributed by atoms with Crippen molar-refractivity contribution in [2.75, 3.05) is 13.2 Å². The summed E-state index contributed by atoms with van der Waals surface area (Å²) in [5.74, 6) is -1.76. The van der Waals surface area contributed by atoms with E-state index in [1.54, 1.807) is 0 Å². The summed E-state index contributed by atoms with van der Waals surface area (Å²) < 4.78 is 5.61. The number of piperidine rings is 1. The first kappa shape index (κ1) is 20.7. The summed E-state index contributed by atoms with van der Waals surface area (Å²) in [7, 11) is 0. The van der Waals surface area contributed by atoms with Gasteiger partial charge in [0.2, 0.25) is 5.78 Å². The number of ether oxygens (including phenoxy) is 1. The van der Waals surface area contributed by atoms with E-state index in [0.29, 0.717) is 31.0 Å². The Morgan fingerprint density at radius 2 is 1.96 bits per heavy atom. The molecule has 0 aromatic heterocycles. The van der Waals surface area contributed by atoms with E-state index in [4.69, 9.17) is 17.0 Å². The van der Waals surface area contributed by atoms with Crippen LogP contribution in [0.2, 0.25) is 0 Å². The largest absolute Gasteiger partial charge is 0.486 e. The topological polar surface area (TPSA) is 72.5 Å². The molecule has 0 radical (unpaired) electrons. The molecular formula is C18H29NO4S. The van der Waals surface area contributed by atoms with Crippen molar-refractivity contribution < 1.29 is 19.1 Å². The first-order chi connectivity index (χ1) is 11.0. The van der Waals surface area contributed by atoms with Gasteiger partial charge in [-0.2, -0.15) is 0 Å². The average Bonchev–Trinajstić information content (AvgIpc) is 2.46. The van der Waals surface area contributed by atoms with Gasteiger partial charge < -0.3 is 10.1 Å². The summed E-state index contributed by atoms with van der Waals surface area (Å²) in [6.45, 7) is 11.0. The van der Waals surface area contributed by atoms with E-state index in [-0.39, 0.29) is 29.5 Å². The summed E-state index contributed by atoms with van der Waals surface area (Å²) in [6.07, 6.45) is 1.01. The van der Waals surface area contributed by atoms with Crippen LogP contribution in [0.1, 0.15) is 53.9 Å². The summed E-state index contributed by atoms with van der Waals surface area (Å²) in [5, 5.41) is 2.94. The minimum absolute atomic E-state index is 0.00325. The molecule has 5 nitrogen and oxygen atoms in total. The molecule has 1 aliphatic heterocycles. The monoisotopic (exact) mass is 355 g/mol. The first-order valence-electron chi connectivity index (χ1n) is 8.51. The Morgan fingerprint density at radius 1 is 1.33 bits per heavy atom. The van der Waals surface area contributed by atoms with Gasteiger partial charge in [0.05, 0.1) is 6.61 Å². The third-order valence-electron chi connectivity index (χ3n) is 4.09. The Hall–Kier alpha value is -1.30. The van der Waals surface area contributed by atoms with Gasteiger partial charge in [-0.15, -0.1) is 0 Å². The maximum atomic E-state index is 12.6. The molecule has 0 spiro atoms. The molecule has 136 valence electrons. The van der Waals surface area contributed by atoms with Crippen molar-refractivity contribution in [1.82, 2.24) is 5.32 Å². The van der Waals surface area contributed by atoms with E-state index >= 15 is 0 Å². The zero-order valence-corrected chi connectivity index (χ0v) is 16.1. The van der Waals surface area contributed by atoms with Gasteiger partial charge in [-0.3, -0.25) is 14.4 Å². The standard InChI is InChI=1S/C18H29NO4S/c1-11(2)13(9-15(24)23-10-18(3,4)5)14(20)8-12-6-7-19-17(22)16(12)21/h11-13H,6-10H2,1-5H3,(H,19,22). The van der Waals surface area contributed by atoms with Crippen LogP contribution < -0.4 is 5.32 Å². The third-order valence-corrected chi connectivity index (χ3v) is 4.38. The summed E-state index contributed by atoms with van der Waals surface area (Å²) in [4.78, 5) is 36.0. The van der Waals surface area contributed by atoms with Crippen LogP contribution in [0.4, 0.5) is 0 Å². The maximum Gasteiger partial charge on any atom is 0.287 e. The van der Waals surface area contributed by atoms with Crippen molar-refractivity contribution in [3.05, 3.63) is 0 Å². The Kier molecular flexibility index (Phi) is 7.52. The molecule has 6 heteroatoms. The molecule has 1 heterocycles. The van der Waals surface area contributed by atoms with Crippen molar-refractivity contribution in [2.24, 2.45) is 23.2 Å². The summed E-state index contributed by atoms with van der Waals surface area (Å²) in [5.41, 5.74) is 0.00325. The minimum Gasteiger partial charge on any atom is -0.486 e. The molecule has 0 aliphatic carbocycles. The van der Waals surface area contributed by atoms with E-state index in [1.807, 2.05) is 13.8 Å². The van der Waals surface area contributed by atoms with Gasteiger partial charge in [0.25, 0.3) is 5.91 Å². The molecule has 2 atom stereocenters. The van der Waals surface area contributed by atoms with Crippen LogP contribution in [0, 0.1) is 23.2 Å². The smallest absolute Gasteiger partial charge is 0.287 e. The van der Waals surface area contributed by atoms with Gasteiger partial charge >= 0.3 is 0 Å². The second kappa shape index (κ2) is 8.70. The van der Waals surface area contributed by atoms with E-state index in [9.17, 15) is 14.4 Å². The maximum absolute atomic E-state index is 12.6. The van der Waals surface area contributed by atoms with Gasteiger partial charge in [0.15, 0.2) is 5.05 Å². The second-order valence-electron chi connectivity index (χ2n) is 8.05. The fourth-order valence-electron chi connectivity index (χ4n) is 2.61. The molecule has 2 unspecified atom stereocenters.